The van der Waals surface area contributed by atoms with Crippen LogP contribution in [0.5, 0.6) is 5.75 Å². The van der Waals surface area contributed by atoms with Crippen molar-refractivity contribution in [3.63, 3.8) is 0 Å². The van der Waals surface area contributed by atoms with Gasteiger partial charge >= 0.3 is 5.97 Å². The molecule has 2 saturated heterocycles. The molecule has 24 heavy (non-hydrogen) atoms. The predicted molar refractivity (Wildman–Crippen MR) is 91.3 cm³/mol. The Morgan fingerprint density at radius 2 is 1.92 bits per heavy atom. The molecule has 2 fully saturated rings. The number of hydrogen-bond acceptors (Lipinski definition) is 5. The summed E-state index contributed by atoms with van der Waals surface area (Å²) in [4.78, 5) is 14.4. The summed E-state index contributed by atoms with van der Waals surface area (Å²) in [6.07, 6.45) is 1.86. The van der Waals surface area contributed by atoms with Crippen LogP contribution in [0.25, 0.3) is 0 Å². The lowest BCUT2D eigenvalue weighted by atomic mass is 9.66. The number of carbonyl (C=O) groups excluding carboxylic acids is 1. The zero-order valence-electron chi connectivity index (χ0n) is 14.8. The summed E-state index contributed by atoms with van der Waals surface area (Å²) in [7, 11) is 1.47. The molecule has 2 aliphatic heterocycles. The number of carbonyl (C=O) groups is 1. The van der Waals surface area contributed by atoms with Crippen LogP contribution in [-0.2, 0) is 14.3 Å². The van der Waals surface area contributed by atoms with Crippen molar-refractivity contribution >= 4 is 5.97 Å². The highest BCUT2D eigenvalue weighted by Crippen LogP contribution is 2.46. The minimum atomic E-state index is -0.158. The van der Waals surface area contributed by atoms with Crippen LogP contribution in [-0.4, -0.2) is 56.9 Å². The average molecular weight is 333 g/mol. The molecule has 132 valence electrons. The quantitative estimate of drug-likeness (QED) is 0.774. The molecule has 5 heteroatoms. The summed E-state index contributed by atoms with van der Waals surface area (Å²) < 4.78 is 16.4. The molecule has 1 spiro atoms. The van der Waals surface area contributed by atoms with Gasteiger partial charge in [0.05, 0.1) is 7.11 Å². The number of aryl methyl sites for hydroxylation is 2. The van der Waals surface area contributed by atoms with E-state index in [1.54, 1.807) is 0 Å². The third kappa shape index (κ3) is 3.42. The molecule has 0 radical (unpaired) electrons. The van der Waals surface area contributed by atoms with Gasteiger partial charge in [0.1, 0.15) is 18.4 Å². The number of hydrogen-bond donors (Lipinski definition) is 0. The second-order valence-electron chi connectivity index (χ2n) is 7.04. The molecule has 2 aliphatic rings. The minimum Gasteiger partial charge on any atom is -0.492 e. The molecule has 1 unspecified atom stereocenters. The number of methoxy groups -OCH3 is 1. The Hall–Kier alpha value is -1.59. The van der Waals surface area contributed by atoms with Crippen LogP contribution in [0.15, 0.2) is 18.2 Å². The molecule has 0 N–H and O–H groups in total. The summed E-state index contributed by atoms with van der Waals surface area (Å²) >= 11 is 0. The van der Waals surface area contributed by atoms with Crippen molar-refractivity contribution in [3.05, 3.63) is 29.3 Å². The van der Waals surface area contributed by atoms with E-state index in [1.807, 2.05) is 12.1 Å². The Morgan fingerprint density at radius 3 is 2.54 bits per heavy atom. The lowest BCUT2D eigenvalue weighted by Gasteiger charge is -2.57. The lowest BCUT2D eigenvalue weighted by Crippen LogP contribution is -2.69. The van der Waals surface area contributed by atoms with Crippen molar-refractivity contribution in [2.45, 2.75) is 32.7 Å². The first-order valence-electron chi connectivity index (χ1n) is 8.65. The van der Waals surface area contributed by atoms with E-state index >= 15 is 0 Å². The van der Waals surface area contributed by atoms with Gasteiger partial charge in [-0.25, -0.2) is 0 Å². The Labute approximate surface area is 143 Å². The lowest BCUT2D eigenvalue weighted by molar-refractivity contribution is -0.181. The molecule has 0 aliphatic carbocycles. The summed E-state index contributed by atoms with van der Waals surface area (Å²) in [5.74, 6) is 0.762. The number of ether oxygens (including phenoxy) is 3. The van der Waals surface area contributed by atoms with Crippen LogP contribution in [0.2, 0.25) is 0 Å². The topological polar surface area (TPSA) is 48.0 Å². The highest BCUT2D eigenvalue weighted by molar-refractivity contribution is 5.78. The molecule has 1 atom stereocenters. The van der Waals surface area contributed by atoms with Gasteiger partial charge in [0.2, 0.25) is 0 Å². The van der Waals surface area contributed by atoms with Gasteiger partial charge in [-0.15, -0.1) is 0 Å². The molecule has 5 nitrogen and oxygen atoms in total. The second-order valence-corrected chi connectivity index (χ2v) is 7.04. The van der Waals surface area contributed by atoms with E-state index in [2.05, 4.69) is 24.8 Å². The molecular weight excluding hydrogens is 306 g/mol. The summed E-state index contributed by atoms with van der Waals surface area (Å²) in [5, 5.41) is 0. The molecule has 0 amide bonds. The maximum Gasteiger partial charge on any atom is 0.323 e. The third-order valence-electron chi connectivity index (χ3n) is 5.22. The Kier molecular flexibility index (Phi) is 5.11. The summed E-state index contributed by atoms with van der Waals surface area (Å²) in [6, 6.07) is 6.06. The standard InChI is InChI=1S/C19H27NO4/c1-14-10-15(2)12-16(11-14)24-9-6-20-13-19(4-7-23-8-5-19)17(20)18(21)22-3/h10-12,17H,4-9,13H2,1-3H3. The van der Waals surface area contributed by atoms with Gasteiger partial charge in [0, 0.05) is 31.7 Å². The number of likely N-dealkylation sites (tertiary alicyclic amines) is 1. The van der Waals surface area contributed by atoms with Crippen molar-refractivity contribution < 1.29 is 19.0 Å². The second kappa shape index (κ2) is 7.11. The van der Waals surface area contributed by atoms with Crippen molar-refractivity contribution in [1.82, 2.24) is 4.90 Å². The van der Waals surface area contributed by atoms with E-state index < -0.39 is 0 Å². The molecule has 0 bridgehead atoms. The SMILES string of the molecule is COC(=O)C1N(CCOc2cc(C)cc(C)c2)CC12CCOCC2. The highest BCUT2D eigenvalue weighted by atomic mass is 16.5. The van der Waals surface area contributed by atoms with Gasteiger partial charge in [-0.1, -0.05) is 6.07 Å². The van der Waals surface area contributed by atoms with Crippen LogP contribution in [0.4, 0.5) is 0 Å². The monoisotopic (exact) mass is 333 g/mol. The number of esters is 1. The van der Waals surface area contributed by atoms with Crippen molar-refractivity contribution in [2.75, 3.05) is 40.0 Å². The van der Waals surface area contributed by atoms with Crippen molar-refractivity contribution in [3.8, 4) is 5.75 Å². The first-order valence-corrected chi connectivity index (χ1v) is 8.65. The smallest absolute Gasteiger partial charge is 0.323 e. The fourth-order valence-corrected chi connectivity index (χ4v) is 4.08. The minimum absolute atomic E-state index is 0.0330. The van der Waals surface area contributed by atoms with Crippen LogP contribution >= 0.6 is 0 Å². The number of rotatable bonds is 5. The Balaban J connectivity index is 1.57. The normalized spacial score (nSPS) is 22.9. The summed E-state index contributed by atoms with van der Waals surface area (Å²) in [5.41, 5.74) is 2.43. The molecule has 1 aromatic rings. The molecule has 3 rings (SSSR count). The van der Waals surface area contributed by atoms with E-state index in [0.29, 0.717) is 6.61 Å². The van der Waals surface area contributed by atoms with Crippen molar-refractivity contribution in [1.29, 1.82) is 0 Å². The fourth-order valence-electron chi connectivity index (χ4n) is 4.08. The van der Waals surface area contributed by atoms with Gasteiger partial charge in [-0.05, 0) is 49.9 Å². The predicted octanol–water partition coefficient (Wildman–Crippen LogP) is 2.34. The van der Waals surface area contributed by atoms with Gasteiger partial charge in [0.15, 0.2) is 0 Å². The van der Waals surface area contributed by atoms with E-state index in [4.69, 9.17) is 14.2 Å². The van der Waals surface area contributed by atoms with E-state index in [1.165, 1.54) is 18.2 Å². The molecule has 2 heterocycles. The van der Waals surface area contributed by atoms with Crippen LogP contribution < -0.4 is 4.74 Å². The Bertz CT molecular complexity index is 575. The molecule has 0 saturated carbocycles. The fraction of sp³-hybridized carbons (Fsp3) is 0.632. The first kappa shape index (κ1) is 17.2. The van der Waals surface area contributed by atoms with E-state index in [0.717, 1.165) is 44.9 Å². The van der Waals surface area contributed by atoms with E-state index in [9.17, 15) is 4.79 Å². The van der Waals surface area contributed by atoms with Crippen LogP contribution in [0, 0.1) is 19.3 Å². The maximum absolute atomic E-state index is 12.3. The molecule has 1 aromatic carbocycles. The van der Waals surface area contributed by atoms with Crippen LogP contribution in [0.1, 0.15) is 24.0 Å². The van der Waals surface area contributed by atoms with Gasteiger partial charge in [-0.3, -0.25) is 9.69 Å². The zero-order chi connectivity index (χ0) is 17.2. The largest absolute Gasteiger partial charge is 0.492 e. The van der Waals surface area contributed by atoms with Crippen molar-refractivity contribution in [2.24, 2.45) is 5.41 Å². The summed E-state index contributed by atoms with van der Waals surface area (Å²) in [6.45, 7) is 7.83. The van der Waals surface area contributed by atoms with Gasteiger partial charge in [0.25, 0.3) is 0 Å². The maximum atomic E-state index is 12.3. The van der Waals surface area contributed by atoms with E-state index in [-0.39, 0.29) is 17.4 Å². The van der Waals surface area contributed by atoms with Gasteiger partial charge < -0.3 is 14.2 Å². The average Bonchev–Trinajstić information content (AvgIpc) is 2.53. The Morgan fingerprint density at radius 1 is 1.25 bits per heavy atom. The number of benzene rings is 1. The number of nitrogens with zero attached hydrogens (tertiary/aromatic N) is 1. The highest BCUT2D eigenvalue weighted by Gasteiger charge is 2.56. The first-order chi connectivity index (χ1) is 11.5. The van der Waals surface area contributed by atoms with Gasteiger partial charge in [-0.2, -0.15) is 0 Å². The molecular formula is C19H27NO4. The third-order valence-corrected chi connectivity index (χ3v) is 5.22. The zero-order valence-corrected chi connectivity index (χ0v) is 14.8. The van der Waals surface area contributed by atoms with Crippen LogP contribution in [0.3, 0.4) is 0 Å². The molecule has 0 aromatic heterocycles.